The van der Waals surface area contributed by atoms with E-state index in [0.717, 1.165) is 24.8 Å². The lowest BCUT2D eigenvalue weighted by Gasteiger charge is -2.28. The molecule has 0 fully saturated rings. The van der Waals surface area contributed by atoms with Gasteiger partial charge in [0.15, 0.2) is 0 Å². The van der Waals surface area contributed by atoms with Crippen LogP contribution in [0.2, 0.25) is 0 Å². The molecule has 0 aliphatic carbocycles. The number of hydrogen-bond acceptors (Lipinski definition) is 2. The van der Waals surface area contributed by atoms with Gasteiger partial charge in [0.05, 0.1) is 0 Å². The molecular formula is C18H27FN2O2. The first-order valence-corrected chi connectivity index (χ1v) is 8.31. The summed E-state index contributed by atoms with van der Waals surface area (Å²) in [6.45, 7) is 6.65. The Kier molecular flexibility index (Phi) is 8.30. The Hall–Kier alpha value is -1.91. The molecule has 0 unspecified atom stereocenters. The molecule has 1 aromatic rings. The predicted molar refractivity (Wildman–Crippen MR) is 89.2 cm³/mol. The highest BCUT2D eigenvalue weighted by Gasteiger charge is 2.25. The van der Waals surface area contributed by atoms with Crippen LogP contribution in [0.15, 0.2) is 24.3 Å². The van der Waals surface area contributed by atoms with Crippen molar-refractivity contribution in [1.29, 1.82) is 0 Å². The molecule has 0 heterocycles. The third-order valence-corrected chi connectivity index (χ3v) is 3.73. The number of halogens is 1. The highest BCUT2D eigenvalue weighted by molar-refractivity contribution is 5.87. The second kappa shape index (κ2) is 9.98. The minimum atomic E-state index is -0.545. The van der Waals surface area contributed by atoms with E-state index in [0.29, 0.717) is 19.5 Å². The fraction of sp³-hybridized carbons (Fsp3) is 0.556. The minimum absolute atomic E-state index is 0.0602. The number of rotatable bonds is 9. The smallest absolute Gasteiger partial charge is 0.242 e. The molecule has 0 radical (unpaired) electrons. The Morgan fingerprint density at radius 2 is 1.83 bits per heavy atom. The first-order chi connectivity index (χ1) is 11.0. The van der Waals surface area contributed by atoms with Gasteiger partial charge in [-0.15, -0.1) is 0 Å². The van der Waals surface area contributed by atoms with E-state index >= 15 is 0 Å². The van der Waals surface area contributed by atoms with Crippen LogP contribution >= 0.6 is 0 Å². The average molecular weight is 322 g/mol. The number of nitrogens with zero attached hydrogens (tertiary/aromatic N) is 1. The van der Waals surface area contributed by atoms with Gasteiger partial charge in [-0.3, -0.25) is 9.59 Å². The van der Waals surface area contributed by atoms with E-state index in [9.17, 15) is 14.0 Å². The van der Waals surface area contributed by atoms with Crippen molar-refractivity contribution in [2.75, 3.05) is 6.54 Å². The van der Waals surface area contributed by atoms with Gasteiger partial charge in [-0.25, -0.2) is 4.39 Å². The number of hydrogen-bond donors (Lipinski definition) is 1. The molecule has 1 aromatic carbocycles. The minimum Gasteiger partial charge on any atom is -0.354 e. The van der Waals surface area contributed by atoms with Crippen molar-refractivity contribution in [1.82, 2.24) is 10.2 Å². The maximum Gasteiger partial charge on any atom is 0.242 e. The van der Waals surface area contributed by atoms with Crippen LogP contribution in [0.3, 0.4) is 0 Å². The standard InChI is InChI=1S/C18H27FN2O2/c1-4-6-12-20-18(23)14(3)21(17(22)7-5-2)13-15-8-10-16(19)11-9-15/h8-11,14H,4-7,12-13H2,1-3H3,(H,20,23)/t14-/m0/s1. The van der Waals surface area contributed by atoms with E-state index in [4.69, 9.17) is 0 Å². The van der Waals surface area contributed by atoms with Crippen LogP contribution in [-0.2, 0) is 16.1 Å². The number of carbonyl (C=O) groups is 2. The summed E-state index contributed by atoms with van der Waals surface area (Å²) in [4.78, 5) is 26.2. The quantitative estimate of drug-likeness (QED) is 0.710. The molecule has 1 N–H and O–H groups in total. The Balaban J connectivity index is 2.80. The van der Waals surface area contributed by atoms with Gasteiger partial charge in [-0.05, 0) is 37.5 Å². The Bertz CT molecular complexity index is 502. The van der Waals surface area contributed by atoms with Gasteiger partial charge in [-0.1, -0.05) is 32.4 Å². The number of amides is 2. The highest BCUT2D eigenvalue weighted by Crippen LogP contribution is 2.12. The topological polar surface area (TPSA) is 49.4 Å². The van der Waals surface area contributed by atoms with Gasteiger partial charge in [-0.2, -0.15) is 0 Å². The molecule has 0 saturated carbocycles. The average Bonchev–Trinajstić information content (AvgIpc) is 2.54. The molecule has 0 aromatic heterocycles. The third-order valence-electron chi connectivity index (χ3n) is 3.73. The lowest BCUT2D eigenvalue weighted by atomic mass is 10.1. The zero-order valence-electron chi connectivity index (χ0n) is 14.3. The number of nitrogens with one attached hydrogen (secondary N) is 1. The summed E-state index contributed by atoms with van der Waals surface area (Å²) in [7, 11) is 0. The summed E-state index contributed by atoms with van der Waals surface area (Å²) in [5.41, 5.74) is 0.809. The van der Waals surface area contributed by atoms with Gasteiger partial charge in [0.1, 0.15) is 11.9 Å². The Labute approximate surface area is 138 Å². The Morgan fingerprint density at radius 3 is 2.39 bits per heavy atom. The molecule has 23 heavy (non-hydrogen) atoms. The molecule has 5 heteroatoms. The van der Waals surface area contributed by atoms with E-state index in [1.54, 1.807) is 24.0 Å². The summed E-state index contributed by atoms with van der Waals surface area (Å²) in [5, 5.41) is 2.86. The van der Waals surface area contributed by atoms with E-state index in [2.05, 4.69) is 12.2 Å². The molecule has 1 atom stereocenters. The van der Waals surface area contributed by atoms with Crippen LogP contribution in [0.25, 0.3) is 0 Å². The van der Waals surface area contributed by atoms with Crippen LogP contribution in [-0.4, -0.2) is 29.3 Å². The summed E-state index contributed by atoms with van der Waals surface area (Å²) < 4.78 is 13.0. The molecule has 0 spiro atoms. The van der Waals surface area contributed by atoms with Crippen LogP contribution in [0.4, 0.5) is 4.39 Å². The lowest BCUT2D eigenvalue weighted by Crippen LogP contribution is -2.47. The summed E-state index contributed by atoms with van der Waals surface area (Å²) in [6.07, 6.45) is 3.04. The second-order valence-electron chi connectivity index (χ2n) is 5.72. The fourth-order valence-corrected chi connectivity index (χ4v) is 2.26. The maximum absolute atomic E-state index is 13.0. The van der Waals surface area contributed by atoms with Crippen molar-refractivity contribution >= 4 is 11.8 Å². The largest absolute Gasteiger partial charge is 0.354 e. The van der Waals surface area contributed by atoms with E-state index in [-0.39, 0.29) is 17.6 Å². The molecule has 0 saturated heterocycles. The van der Waals surface area contributed by atoms with Crippen LogP contribution in [0, 0.1) is 5.82 Å². The van der Waals surface area contributed by atoms with E-state index in [1.807, 2.05) is 6.92 Å². The van der Waals surface area contributed by atoms with Crippen molar-refractivity contribution in [3.63, 3.8) is 0 Å². The second-order valence-corrected chi connectivity index (χ2v) is 5.72. The predicted octanol–water partition coefficient (Wildman–Crippen LogP) is 3.26. The van der Waals surface area contributed by atoms with Gasteiger partial charge in [0.25, 0.3) is 0 Å². The first-order valence-electron chi connectivity index (χ1n) is 8.31. The van der Waals surface area contributed by atoms with Crippen LogP contribution in [0.5, 0.6) is 0 Å². The summed E-state index contributed by atoms with van der Waals surface area (Å²) >= 11 is 0. The van der Waals surface area contributed by atoms with Crippen molar-refractivity contribution in [3.05, 3.63) is 35.6 Å². The number of unbranched alkanes of at least 4 members (excludes halogenated alkanes) is 1. The van der Waals surface area contributed by atoms with Gasteiger partial charge < -0.3 is 10.2 Å². The SMILES string of the molecule is CCCCNC(=O)[C@H](C)N(Cc1ccc(F)cc1)C(=O)CCC. The van der Waals surface area contributed by atoms with Gasteiger partial charge in [0.2, 0.25) is 11.8 Å². The maximum atomic E-state index is 13.0. The molecule has 0 aliphatic heterocycles. The zero-order valence-corrected chi connectivity index (χ0v) is 14.3. The zero-order chi connectivity index (χ0) is 17.2. The van der Waals surface area contributed by atoms with Crippen LogP contribution < -0.4 is 5.32 Å². The fourth-order valence-electron chi connectivity index (χ4n) is 2.26. The van der Waals surface area contributed by atoms with Crippen molar-refractivity contribution in [3.8, 4) is 0 Å². The van der Waals surface area contributed by atoms with Crippen molar-refractivity contribution in [2.24, 2.45) is 0 Å². The summed E-state index contributed by atoms with van der Waals surface area (Å²) in [5.74, 6) is -0.523. The van der Waals surface area contributed by atoms with E-state index < -0.39 is 6.04 Å². The van der Waals surface area contributed by atoms with Crippen molar-refractivity contribution < 1.29 is 14.0 Å². The highest BCUT2D eigenvalue weighted by atomic mass is 19.1. The van der Waals surface area contributed by atoms with Gasteiger partial charge >= 0.3 is 0 Å². The Morgan fingerprint density at radius 1 is 1.17 bits per heavy atom. The number of carbonyl (C=O) groups excluding carboxylic acids is 2. The number of benzene rings is 1. The molecule has 0 bridgehead atoms. The van der Waals surface area contributed by atoms with E-state index in [1.165, 1.54) is 12.1 Å². The normalized spacial score (nSPS) is 11.8. The molecule has 2 amide bonds. The van der Waals surface area contributed by atoms with Gasteiger partial charge in [0, 0.05) is 19.5 Å². The third kappa shape index (κ3) is 6.38. The molecule has 1 rings (SSSR count). The first kappa shape index (κ1) is 19.1. The molecule has 4 nitrogen and oxygen atoms in total. The lowest BCUT2D eigenvalue weighted by molar-refractivity contribution is -0.140. The van der Waals surface area contributed by atoms with Crippen LogP contribution in [0.1, 0.15) is 52.0 Å². The molecule has 128 valence electrons. The van der Waals surface area contributed by atoms with Crippen molar-refractivity contribution in [2.45, 2.75) is 59.0 Å². The molecule has 0 aliphatic rings. The molecular weight excluding hydrogens is 295 g/mol. The summed E-state index contributed by atoms with van der Waals surface area (Å²) in [6, 6.07) is 5.47. The monoisotopic (exact) mass is 322 g/mol.